The number of anilines is 1. The maximum absolute atomic E-state index is 13.0. The van der Waals surface area contributed by atoms with Gasteiger partial charge in [-0.3, -0.25) is 14.7 Å². The fraction of sp³-hybridized carbons (Fsp3) is 0.370. The summed E-state index contributed by atoms with van der Waals surface area (Å²) in [6.07, 6.45) is 7.22. The van der Waals surface area contributed by atoms with Crippen LogP contribution in [0.15, 0.2) is 61.1 Å². The van der Waals surface area contributed by atoms with Crippen LogP contribution in [0.25, 0.3) is 11.1 Å². The average Bonchev–Trinajstić information content (AvgIpc) is 2.91. The van der Waals surface area contributed by atoms with Crippen molar-refractivity contribution in [3.63, 3.8) is 0 Å². The van der Waals surface area contributed by atoms with Gasteiger partial charge in [0.1, 0.15) is 5.82 Å². The number of piperazine rings is 1. The standard InChI is InChI=1S/C27H31ClN6O/c28-26-23(21-3-2-10-30-18-21)4-1-5-24(26)27(35)32-22-8-13-34(14-9-22)25-7-6-20(17-31-25)19-33-15-11-29-12-16-33/h1-7,10,17-18,22,29H,8-9,11-16,19H2,(H,32,35). The largest absolute Gasteiger partial charge is 0.356 e. The summed E-state index contributed by atoms with van der Waals surface area (Å²) in [7, 11) is 0. The number of amides is 1. The first-order chi connectivity index (χ1) is 17.2. The van der Waals surface area contributed by atoms with E-state index in [1.54, 1.807) is 18.5 Å². The van der Waals surface area contributed by atoms with E-state index < -0.39 is 0 Å². The molecule has 3 aromatic rings. The topological polar surface area (TPSA) is 73.4 Å². The van der Waals surface area contributed by atoms with Gasteiger partial charge in [-0.2, -0.15) is 0 Å². The summed E-state index contributed by atoms with van der Waals surface area (Å²) in [6.45, 7) is 6.95. The summed E-state index contributed by atoms with van der Waals surface area (Å²) >= 11 is 6.62. The summed E-state index contributed by atoms with van der Waals surface area (Å²) < 4.78 is 0. The van der Waals surface area contributed by atoms with Gasteiger partial charge < -0.3 is 15.5 Å². The number of carbonyl (C=O) groups is 1. The molecule has 182 valence electrons. The van der Waals surface area contributed by atoms with Crippen LogP contribution in [-0.4, -0.2) is 66.1 Å². The molecule has 2 fully saturated rings. The molecule has 1 amide bonds. The number of nitrogens with zero attached hydrogens (tertiary/aromatic N) is 4. The Hall–Kier alpha value is -3.00. The second kappa shape index (κ2) is 11.2. The number of pyridine rings is 2. The molecule has 0 saturated carbocycles. The number of piperidine rings is 1. The summed E-state index contributed by atoms with van der Waals surface area (Å²) in [5.41, 5.74) is 3.46. The van der Waals surface area contributed by atoms with Crippen molar-refractivity contribution < 1.29 is 4.79 Å². The first-order valence-corrected chi connectivity index (χ1v) is 12.7. The van der Waals surface area contributed by atoms with E-state index in [0.29, 0.717) is 10.6 Å². The van der Waals surface area contributed by atoms with Gasteiger partial charge in [0.25, 0.3) is 5.91 Å². The molecule has 0 bridgehead atoms. The van der Waals surface area contributed by atoms with Gasteiger partial charge in [0.05, 0.1) is 10.6 Å². The molecule has 0 unspecified atom stereocenters. The van der Waals surface area contributed by atoms with E-state index in [-0.39, 0.29) is 11.9 Å². The Morgan fingerprint density at radius 2 is 1.86 bits per heavy atom. The third kappa shape index (κ3) is 5.81. The lowest BCUT2D eigenvalue weighted by atomic mass is 10.0. The van der Waals surface area contributed by atoms with Crippen LogP contribution >= 0.6 is 11.6 Å². The van der Waals surface area contributed by atoms with Crippen LogP contribution in [0.1, 0.15) is 28.8 Å². The smallest absolute Gasteiger partial charge is 0.253 e. The molecule has 0 aliphatic carbocycles. The molecule has 2 aliphatic heterocycles. The molecule has 1 aromatic carbocycles. The average molecular weight is 491 g/mol. The van der Waals surface area contributed by atoms with Gasteiger partial charge in [0.2, 0.25) is 0 Å². The zero-order valence-corrected chi connectivity index (χ0v) is 20.5. The van der Waals surface area contributed by atoms with Gasteiger partial charge in [0.15, 0.2) is 0 Å². The van der Waals surface area contributed by atoms with Gasteiger partial charge in [-0.1, -0.05) is 35.9 Å². The van der Waals surface area contributed by atoms with Crippen LogP contribution in [0.5, 0.6) is 0 Å². The van der Waals surface area contributed by atoms with Gasteiger partial charge in [-0.25, -0.2) is 4.98 Å². The van der Waals surface area contributed by atoms with Crippen LogP contribution in [0.3, 0.4) is 0 Å². The van der Waals surface area contributed by atoms with Crippen LogP contribution < -0.4 is 15.5 Å². The minimum atomic E-state index is -0.130. The van der Waals surface area contributed by atoms with Gasteiger partial charge in [0, 0.05) is 81.6 Å². The summed E-state index contributed by atoms with van der Waals surface area (Å²) in [4.78, 5) is 26.7. The number of nitrogens with one attached hydrogen (secondary N) is 2. The first kappa shape index (κ1) is 23.7. The minimum absolute atomic E-state index is 0.115. The van der Waals surface area contributed by atoms with Crippen LogP contribution in [0.4, 0.5) is 5.82 Å². The molecule has 5 rings (SSSR count). The third-order valence-corrected chi connectivity index (χ3v) is 7.20. The summed E-state index contributed by atoms with van der Waals surface area (Å²) in [5.74, 6) is 0.876. The van der Waals surface area contributed by atoms with E-state index in [9.17, 15) is 4.79 Å². The second-order valence-electron chi connectivity index (χ2n) is 9.19. The Morgan fingerprint density at radius 1 is 1.03 bits per heavy atom. The fourth-order valence-corrected chi connectivity index (χ4v) is 5.11. The number of carbonyl (C=O) groups excluding carboxylic acids is 1. The Balaban J connectivity index is 1.15. The van der Waals surface area contributed by atoms with Crippen molar-refractivity contribution in [2.75, 3.05) is 44.2 Å². The van der Waals surface area contributed by atoms with E-state index >= 15 is 0 Å². The molecule has 2 aliphatic rings. The molecule has 0 spiro atoms. The van der Waals surface area contributed by atoms with Crippen molar-refractivity contribution in [2.45, 2.75) is 25.4 Å². The molecule has 35 heavy (non-hydrogen) atoms. The SMILES string of the molecule is O=C(NC1CCN(c2ccc(CN3CCNCC3)cn2)CC1)c1cccc(-c2cccnc2)c1Cl. The van der Waals surface area contributed by atoms with Crippen molar-refractivity contribution in [3.05, 3.63) is 77.2 Å². The Kier molecular flexibility index (Phi) is 7.57. The van der Waals surface area contributed by atoms with Gasteiger partial charge in [-0.05, 0) is 36.6 Å². The number of hydrogen-bond donors (Lipinski definition) is 2. The highest BCUT2D eigenvalue weighted by Gasteiger charge is 2.23. The number of rotatable bonds is 6. The highest BCUT2D eigenvalue weighted by atomic mass is 35.5. The van der Waals surface area contributed by atoms with Crippen LogP contribution in [0.2, 0.25) is 5.02 Å². The molecule has 4 heterocycles. The van der Waals surface area contributed by atoms with Crippen LogP contribution in [-0.2, 0) is 6.54 Å². The van der Waals surface area contributed by atoms with Crippen molar-refractivity contribution in [1.29, 1.82) is 0 Å². The molecular weight excluding hydrogens is 460 g/mol. The first-order valence-electron chi connectivity index (χ1n) is 12.3. The fourth-order valence-electron chi connectivity index (χ4n) is 4.79. The molecule has 8 heteroatoms. The number of hydrogen-bond acceptors (Lipinski definition) is 6. The maximum Gasteiger partial charge on any atom is 0.253 e. The van der Waals surface area contributed by atoms with Crippen molar-refractivity contribution >= 4 is 23.3 Å². The lowest BCUT2D eigenvalue weighted by Gasteiger charge is -2.33. The minimum Gasteiger partial charge on any atom is -0.356 e. The number of benzene rings is 1. The predicted octanol–water partition coefficient (Wildman–Crippen LogP) is 3.60. The number of halogens is 1. The zero-order valence-electron chi connectivity index (χ0n) is 19.8. The molecule has 0 atom stereocenters. The predicted molar refractivity (Wildman–Crippen MR) is 140 cm³/mol. The van der Waals surface area contributed by atoms with E-state index in [2.05, 4.69) is 37.6 Å². The number of aromatic nitrogens is 2. The Morgan fingerprint density at radius 3 is 2.57 bits per heavy atom. The summed E-state index contributed by atoms with van der Waals surface area (Å²) in [6, 6.07) is 13.8. The van der Waals surface area contributed by atoms with E-state index in [1.165, 1.54) is 5.56 Å². The quantitative estimate of drug-likeness (QED) is 0.550. The lowest BCUT2D eigenvalue weighted by molar-refractivity contribution is 0.0931. The highest BCUT2D eigenvalue weighted by Crippen LogP contribution is 2.30. The molecule has 2 saturated heterocycles. The highest BCUT2D eigenvalue weighted by molar-refractivity contribution is 6.36. The normalized spacial score (nSPS) is 17.3. The molecule has 0 radical (unpaired) electrons. The third-order valence-electron chi connectivity index (χ3n) is 6.79. The van der Waals surface area contributed by atoms with Crippen molar-refractivity contribution in [2.24, 2.45) is 0 Å². The van der Waals surface area contributed by atoms with E-state index in [0.717, 1.165) is 75.6 Å². The molecule has 7 nitrogen and oxygen atoms in total. The summed E-state index contributed by atoms with van der Waals surface area (Å²) in [5, 5.41) is 7.03. The van der Waals surface area contributed by atoms with Crippen molar-refractivity contribution in [1.82, 2.24) is 25.5 Å². The molecular formula is C27H31ClN6O. The monoisotopic (exact) mass is 490 g/mol. The Bertz CT molecular complexity index is 1130. The van der Waals surface area contributed by atoms with Gasteiger partial charge in [-0.15, -0.1) is 0 Å². The van der Waals surface area contributed by atoms with Crippen LogP contribution in [0, 0.1) is 0 Å². The van der Waals surface area contributed by atoms with Gasteiger partial charge >= 0.3 is 0 Å². The van der Waals surface area contributed by atoms with E-state index in [1.807, 2.05) is 30.5 Å². The Labute approximate surface area is 211 Å². The second-order valence-corrected chi connectivity index (χ2v) is 9.57. The van der Waals surface area contributed by atoms with Crippen molar-refractivity contribution in [3.8, 4) is 11.1 Å². The lowest BCUT2D eigenvalue weighted by Crippen LogP contribution is -2.45. The zero-order chi connectivity index (χ0) is 24.0. The molecule has 2 aromatic heterocycles. The van der Waals surface area contributed by atoms with E-state index in [4.69, 9.17) is 16.6 Å². The molecule has 2 N–H and O–H groups in total. The maximum atomic E-state index is 13.0.